The van der Waals surface area contributed by atoms with Crippen LogP contribution in [-0.4, -0.2) is 34.9 Å². The van der Waals surface area contributed by atoms with Crippen LogP contribution in [0.4, 0.5) is 4.39 Å². The third-order valence-corrected chi connectivity index (χ3v) is 3.21. The third kappa shape index (κ3) is 11.7. The standard InChI is InChI=1S/C22H24FNO4/c1-2-24-28-22(27)17-16-21(26)10-6-4-3-5-9-20(25)11-7-8-18-12-14-19(23)15-13-18/h3-5,9,12-15,20-21,24-26H,2,11,16-17H2,1H3. The summed E-state index contributed by atoms with van der Waals surface area (Å²) >= 11 is 0. The van der Waals surface area contributed by atoms with Crippen molar-refractivity contribution in [3.63, 3.8) is 0 Å². The summed E-state index contributed by atoms with van der Waals surface area (Å²) in [7, 11) is 0. The summed E-state index contributed by atoms with van der Waals surface area (Å²) in [5.41, 5.74) is 3.12. The molecule has 1 aromatic rings. The van der Waals surface area contributed by atoms with Gasteiger partial charge in [-0.1, -0.05) is 41.9 Å². The normalized spacial score (nSPS) is 12.7. The van der Waals surface area contributed by atoms with E-state index in [1.54, 1.807) is 37.3 Å². The van der Waals surface area contributed by atoms with E-state index in [0.717, 1.165) is 0 Å². The lowest BCUT2D eigenvalue weighted by molar-refractivity contribution is -0.151. The number of hydrogen-bond donors (Lipinski definition) is 3. The zero-order valence-corrected chi connectivity index (χ0v) is 15.7. The van der Waals surface area contributed by atoms with Gasteiger partial charge in [0.2, 0.25) is 0 Å². The SMILES string of the molecule is CCNOC(=O)CCC(O)C#CC=CC=CC(O)CC#Cc1ccc(F)cc1. The Morgan fingerprint density at radius 1 is 1.29 bits per heavy atom. The second-order valence-corrected chi connectivity index (χ2v) is 5.64. The van der Waals surface area contributed by atoms with Crippen molar-refractivity contribution in [3.05, 3.63) is 60.0 Å². The van der Waals surface area contributed by atoms with Crippen LogP contribution < -0.4 is 5.48 Å². The van der Waals surface area contributed by atoms with E-state index in [9.17, 15) is 19.4 Å². The smallest absolute Gasteiger partial charge is 0.324 e. The number of hydrogen-bond acceptors (Lipinski definition) is 5. The minimum Gasteiger partial charge on any atom is -0.388 e. The molecule has 2 unspecified atom stereocenters. The Hall–Kier alpha value is -2.90. The zero-order valence-electron chi connectivity index (χ0n) is 15.7. The van der Waals surface area contributed by atoms with Crippen LogP contribution in [0.1, 0.15) is 31.7 Å². The zero-order chi connectivity index (χ0) is 20.6. The number of benzene rings is 1. The molecule has 0 fully saturated rings. The Morgan fingerprint density at radius 3 is 2.75 bits per heavy atom. The first-order valence-corrected chi connectivity index (χ1v) is 8.88. The molecule has 0 heterocycles. The molecule has 3 N–H and O–H groups in total. The summed E-state index contributed by atoms with van der Waals surface area (Å²) in [6, 6.07) is 5.81. The number of carbonyl (C=O) groups is 1. The third-order valence-electron chi connectivity index (χ3n) is 3.21. The van der Waals surface area contributed by atoms with Gasteiger partial charge in [-0.25, -0.2) is 4.39 Å². The van der Waals surface area contributed by atoms with Crippen LogP contribution in [0, 0.1) is 29.5 Å². The van der Waals surface area contributed by atoms with Gasteiger partial charge in [0.15, 0.2) is 0 Å². The van der Waals surface area contributed by atoms with Crippen molar-refractivity contribution in [1.29, 1.82) is 0 Å². The number of allylic oxidation sites excluding steroid dienone is 3. The molecule has 2 atom stereocenters. The summed E-state index contributed by atoms with van der Waals surface area (Å²) in [5, 5.41) is 19.4. The van der Waals surface area contributed by atoms with E-state index < -0.39 is 18.2 Å². The first-order valence-electron chi connectivity index (χ1n) is 8.88. The van der Waals surface area contributed by atoms with Crippen molar-refractivity contribution >= 4 is 5.97 Å². The molecule has 0 saturated carbocycles. The van der Waals surface area contributed by atoms with E-state index in [4.69, 9.17) is 0 Å². The van der Waals surface area contributed by atoms with Crippen LogP contribution in [0.15, 0.2) is 48.6 Å². The lowest BCUT2D eigenvalue weighted by Crippen LogP contribution is -2.20. The molecule has 0 aliphatic heterocycles. The number of nitrogens with one attached hydrogen (secondary N) is 1. The summed E-state index contributed by atoms with van der Waals surface area (Å²) in [4.78, 5) is 15.9. The summed E-state index contributed by atoms with van der Waals surface area (Å²) < 4.78 is 12.8. The molecule has 0 aliphatic rings. The van der Waals surface area contributed by atoms with E-state index in [-0.39, 0.29) is 25.1 Å². The van der Waals surface area contributed by atoms with Gasteiger partial charge < -0.3 is 15.1 Å². The first kappa shape index (κ1) is 23.1. The van der Waals surface area contributed by atoms with Gasteiger partial charge in [-0.05, 0) is 43.7 Å². The topological polar surface area (TPSA) is 78.8 Å². The maximum absolute atomic E-state index is 12.8. The van der Waals surface area contributed by atoms with Crippen LogP contribution in [0.25, 0.3) is 0 Å². The lowest BCUT2D eigenvalue weighted by Gasteiger charge is -2.04. The second-order valence-electron chi connectivity index (χ2n) is 5.64. The Balaban J connectivity index is 2.29. The lowest BCUT2D eigenvalue weighted by atomic mass is 10.2. The fourth-order valence-electron chi connectivity index (χ4n) is 1.83. The predicted molar refractivity (Wildman–Crippen MR) is 105 cm³/mol. The molecule has 28 heavy (non-hydrogen) atoms. The minimum atomic E-state index is -0.921. The Kier molecular flexibility index (Phi) is 11.7. The summed E-state index contributed by atoms with van der Waals surface area (Å²) in [5.74, 6) is 10.1. The van der Waals surface area contributed by atoms with Gasteiger partial charge in [-0.3, -0.25) is 4.79 Å². The van der Waals surface area contributed by atoms with Crippen molar-refractivity contribution < 1.29 is 24.2 Å². The molecule has 5 nitrogen and oxygen atoms in total. The average Bonchev–Trinajstić information content (AvgIpc) is 2.68. The number of rotatable bonds is 8. The highest BCUT2D eigenvalue weighted by molar-refractivity contribution is 5.69. The van der Waals surface area contributed by atoms with Gasteiger partial charge in [-0.2, -0.15) is 5.48 Å². The molecule has 1 rings (SSSR count). The maximum Gasteiger partial charge on any atom is 0.324 e. The molecule has 0 radical (unpaired) electrons. The van der Waals surface area contributed by atoms with E-state index >= 15 is 0 Å². The number of aliphatic hydroxyl groups is 2. The molecule has 0 aliphatic carbocycles. The van der Waals surface area contributed by atoms with Crippen molar-refractivity contribution in [2.75, 3.05) is 6.54 Å². The highest BCUT2D eigenvalue weighted by Crippen LogP contribution is 2.01. The van der Waals surface area contributed by atoms with Crippen LogP contribution >= 0.6 is 0 Å². The highest BCUT2D eigenvalue weighted by atomic mass is 19.1. The van der Waals surface area contributed by atoms with Gasteiger partial charge in [-0.15, -0.1) is 0 Å². The Morgan fingerprint density at radius 2 is 2.04 bits per heavy atom. The van der Waals surface area contributed by atoms with Crippen LogP contribution in [0.5, 0.6) is 0 Å². The van der Waals surface area contributed by atoms with Crippen molar-refractivity contribution in [1.82, 2.24) is 5.48 Å². The van der Waals surface area contributed by atoms with Gasteiger partial charge in [0.1, 0.15) is 11.9 Å². The van der Waals surface area contributed by atoms with Crippen molar-refractivity contribution in [3.8, 4) is 23.7 Å². The molecular formula is C22H24FNO4. The fraction of sp³-hybridized carbons (Fsp3) is 0.318. The van der Waals surface area contributed by atoms with Gasteiger partial charge in [0, 0.05) is 18.5 Å². The number of carbonyl (C=O) groups excluding carboxylic acids is 1. The fourth-order valence-corrected chi connectivity index (χ4v) is 1.83. The van der Waals surface area contributed by atoms with Gasteiger partial charge in [0.05, 0.1) is 12.5 Å². The van der Waals surface area contributed by atoms with Gasteiger partial charge in [0.25, 0.3) is 0 Å². The van der Waals surface area contributed by atoms with Crippen LogP contribution in [-0.2, 0) is 9.63 Å². The quantitative estimate of drug-likeness (QED) is 0.363. The van der Waals surface area contributed by atoms with Crippen molar-refractivity contribution in [2.45, 2.75) is 38.4 Å². The highest BCUT2D eigenvalue weighted by Gasteiger charge is 2.06. The van der Waals surface area contributed by atoms with E-state index in [2.05, 4.69) is 34.0 Å². The average molecular weight is 385 g/mol. The molecule has 148 valence electrons. The molecule has 6 heteroatoms. The number of halogens is 1. The number of aliphatic hydroxyl groups excluding tert-OH is 2. The summed E-state index contributed by atoms with van der Waals surface area (Å²) in [6.45, 7) is 2.32. The van der Waals surface area contributed by atoms with E-state index in [1.807, 2.05) is 0 Å². The number of hydroxylamine groups is 1. The molecule has 0 bridgehead atoms. The predicted octanol–water partition coefficient (Wildman–Crippen LogP) is 2.25. The molecule has 1 aromatic carbocycles. The van der Waals surface area contributed by atoms with Crippen LogP contribution in [0.2, 0.25) is 0 Å². The molecule has 0 spiro atoms. The second kappa shape index (κ2) is 14.2. The van der Waals surface area contributed by atoms with Crippen molar-refractivity contribution in [2.24, 2.45) is 0 Å². The minimum absolute atomic E-state index is 0.0671. The van der Waals surface area contributed by atoms with E-state index in [1.165, 1.54) is 18.2 Å². The molecular weight excluding hydrogens is 361 g/mol. The van der Waals surface area contributed by atoms with Gasteiger partial charge >= 0.3 is 5.97 Å². The largest absolute Gasteiger partial charge is 0.388 e. The molecule has 0 amide bonds. The summed E-state index contributed by atoms with van der Waals surface area (Å²) in [6.07, 6.45) is 5.17. The Labute approximate surface area is 164 Å². The van der Waals surface area contributed by atoms with E-state index in [0.29, 0.717) is 12.1 Å². The Bertz CT molecular complexity index is 779. The van der Waals surface area contributed by atoms with Crippen LogP contribution in [0.3, 0.4) is 0 Å². The first-order chi connectivity index (χ1) is 13.5. The molecule has 0 saturated heterocycles. The molecule has 0 aromatic heterocycles. The maximum atomic E-state index is 12.8. The monoisotopic (exact) mass is 385 g/mol.